The number of aliphatic hydroxyl groups excluding tert-OH is 1. The summed E-state index contributed by atoms with van der Waals surface area (Å²) in [6.45, 7) is 4.18. The zero-order valence-corrected chi connectivity index (χ0v) is 11.1. The van der Waals surface area contributed by atoms with Gasteiger partial charge in [-0.15, -0.1) is 11.8 Å². The van der Waals surface area contributed by atoms with Gasteiger partial charge in [-0.2, -0.15) is 11.8 Å². The molecule has 1 aromatic heterocycles. The van der Waals surface area contributed by atoms with E-state index in [-0.39, 0.29) is 6.61 Å². The van der Waals surface area contributed by atoms with Gasteiger partial charge in [-0.25, -0.2) is 9.97 Å². The first-order valence-electron chi connectivity index (χ1n) is 5.39. The minimum absolute atomic E-state index is 0.00469. The number of nitrogens with zero attached hydrogens (tertiary/aromatic N) is 2. The molecule has 2 heterocycles. The van der Waals surface area contributed by atoms with Crippen LogP contribution >= 0.6 is 23.5 Å². The zero-order chi connectivity index (χ0) is 11.5. The smallest absolute Gasteiger partial charge is 0.143 e. The van der Waals surface area contributed by atoms with Crippen LogP contribution in [0.15, 0.2) is 6.07 Å². The number of thioether (sulfide) groups is 2. The topological polar surface area (TPSA) is 46.0 Å². The molecule has 1 N–H and O–H groups in total. The van der Waals surface area contributed by atoms with E-state index in [0.717, 1.165) is 23.0 Å². The second-order valence-electron chi connectivity index (χ2n) is 3.88. The number of hydrogen-bond donors (Lipinski definition) is 1. The van der Waals surface area contributed by atoms with Gasteiger partial charge in [0.05, 0.1) is 17.6 Å². The van der Waals surface area contributed by atoms with Crippen LogP contribution in [0.25, 0.3) is 0 Å². The van der Waals surface area contributed by atoms with E-state index in [4.69, 9.17) is 5.11 Å². The van der Waals surface area contributed by atoms with Crippen molar-refractivity contribution in [2.75, 3.05) is 11.5 Å². The predicted molar refractivity (Wildman–Crippen MR) is 69.8 cm³/mol. The number of aliphatic hydroxyl groups is 1. The monoisotopic (exact) mass is 256 g/mol. The predicted octanol–water partition coefficient (Wildman–Crippen LogP) is 2.19. The highest BCUT2D eigenvalue weighted by Crippen LogP contribution is 2.40. The molecule has 16 heavy (non-hydrogen) atoms. The quantitative estimate of drug-likeness (QED) is 0.879. The largest absolute Gasteiger partial charge is 0.390 e. The third-order valence-electron chi connectivity index (χ3n) is 2.53. The lowest BCUT2D eigenvalue weighted by molar-refractivity contribution is 0.276. The molecule has 3 nitrogen and oxygen atoms in total. The first kappa shape index (κ1) is 12.2. The molecule has 0 radical (unpaired) electrons. The third kappa shape index (κ3) is 2.70. The van der Waals surface area contributed by atoms with Gasteiger partial charge >= 0.3 is 0 Å². The minimum atomic E-state index is -0.00469. The molecule has 1 aliphatic rings. The average Bonchev–Trinajstić information content (AvgIpc) is 2.28. The lowest BCUT2D eigenvalue weighted by atomic mass is 10.2. The summed E-state index contributed by atoms with van der Waals surface area (Å²) < 4.78 is 0. The summed E-state index contributed by atoms with van der Waals surface area (Å²) >= 11 is 3.90. The van der Waals surface area contributed by atoms with Crippen LogP contribution in [0.3, 0.4) is 0 Å². The van der Waals surface area contributed by atoms with Crippen LogP contribution in [0.2, 0.25) is 0 Å². The lowest BCUT2D eigenvalue weighted by Gasteiger charge is -2.26. The van der Waals surface area contributed by atoms with E-state index < -0.39 is 0 Å². The van der Waals surface area contributed by atoms with Crippen LogP contribution in [0.1, 0.15) is 29.4 Å². The molecule has 0 amide bonds. The molecule has 1 aromatic rings. The van der Waals surface area contributed by atoms with Crippen molar-refractivity contribution in [1.82, 2.24) is 9.97 Å². The van der Waals surface area contributed by atoms with Gasteiger partial charge in [-0.3, -0.25) is 0 Å². The second-order valence-corrected chi connectivity index (χ2v) is 6.62. The van der Waals surface area contributed by atoms with E-state index in [2.05, 4.69) is 16.9 Å². The SMILES string of the molecule is Cc1cc(CO)nc(C2SCCSC2C)n1. The molecule has 2 unspecified atom stereocenters. The van der Waals surface area contributed by atoms with Crippen LogP contribution in [-0.2, 0) is 6.61 Å². The fraction of sp³-hybridized carbons (Fsp3) is 0.636. The summed E-state index contributed by atoms with van der Waals surface area (Å²) in [7, 11) is 0. The zero-order valence-electron chi connectivity index (χ0n) is 9.51. The van der Waals surface area contributed by atoms with Crippen LogP contribution in [0.5, 0.6) is 0 Å². The minimum Gasteiger partial charge on any atom is -0.390 e. The Balaban J connectivity index is 2.27. The van der Waals surface area contributed by atoms with Gasteiger partial charge in [0.25, 0.3) is 0 Å². The highest BCUT2D eigenvalue weighted by molar-refractivity contribution is 8.06. The molecule has 0 saturated carbocycles. The molecule has 1 saturated heterocycles. The van der Waals surface area contributed by atoms with E-state index in [1.165, 1.54) is 5.75 Å². The summed E-state index contributed by atoms with van der Waals surface area (Å²) in [5.41, 5.74) is 1.67. The fourth-order valence-electron chi connectivity index (χ4n) is 1.78. The maximum absolute atomic E-state index is 9.15. The van der Waals surface area contributed by atoms with Gasteiger partial charge in [0.15, 0.2) is 0 Å². The van der Waals surface area contributed by atoms with Crippen molar-refractivity contribution in [1.29, 1.82) is 0 Å². The number of aromatic nitrogens is 2. The third-order valence-corrected chi connectivity index (χ3v) is 5.62. The molecule has 1 fully saturated rings. The Hall–Kier alpha value is -0.260. The highest BCUT2D eigenvalue weighted by Gasteiger charge is 2.26. The summed E-state index contributed by atoms with van der Waals surface area (Å²) in [6, 6.07) is 1.84. The van der Waals surface area contributed by atoms with Crippen molar-refractivity contribution in [2.45, 2.75) is 31.0 Å². The van der Waals surface area contributed by atoms with Crippen LogP contribution in [0.4, 0.5) is 0 Å². The normalized spacial score (nSPS) is 25.7. The molecule has 0 spiro atoms. The first-order valence-corrected chi connectivity index (χ1v) is 7.49. The van der Waals surface area contributed by atoms with E-state index in [1.807, 2.05) is 36.5 Å². The molecule has 0 bridgehead atoms. The molecule has 1 aliphatic heterocycles. The summed E-state index contributed by atoms with van der Waals surface area (Å²) in [5, 5.41) is 10.1. The summed E-state index contributed by atoms with van der Waals surface area (Å²) in [6.07, 6.45) is 0. The van der Waals surface area contributed by atoms with E-state index in [1.54, 1.807) is 0 Å². The maximum Gasteiger partial charge on any atom is 0.143 e. The summed E-state index contributed by atoms with van der Waals surface area (Å²) in [4.78, 5) is 8.93. The van der Waals surface area contributed by atoms with Crippen LogP contribution in [0, 0.1) is 6.92 Å². The Labute approximate surface area is 104 Å². The van der Waals surface area contributed by atoms with E-state index in [9.17, 15) is 0 Å². The van der Waals surface area contributed by atoms with Gasteiger partial charge < -0.3 is 5.11 Å². The Morgan fingerprint density at radius 2 is 2.12 bits per heavy atom. The van der Waals surface area contributed by atoms with Crippen molar-refractivity contribution in [3.05, 3.63) is 23.3 Å². The highest BCUT2D eigenvalue weighted by atomic mass is 32.2. The molecular weight excluding hydrogens is 240 g/mol. The Morgan fingerprint density at radius 3 is 2.81 bits per heavy atom. The van der Waals surface area contributed by atoms with Crippen LogP contribution in [-0.4, -0.2) is 31.8 Å². The lowest BCUT2D eigenvalue weighted by Crippen LogP contribution is -2.19. The summed E-state index contributed by atoms with van der Waals surface area (Å²) in [5.74, 6) is 3.25. The van der Waals surface area contributed by atoms with E-state index in [0.29, 0.717) is 10.5 Å². The van der Waals surface area contributed by atoms with Gasteiger partial charge in [-0.05, 0) is 13.0 Å². The van der Waals surface area contributed by atoms with Crippen LogP contribution < -0.4 is 0 Å². The molecule has 0 aromatic carbocycles. The van der Waals surface area contributed by atoms with Crippen molar-refractivity contribution < 1.29 is 5.11 Å². The average molecular weight is 256 g/mol. The van der Waals surface area contributed by atoms with Crippen molar-refractivity contribution in [2.24, 2.45) is 0 Å². The molecule has 88 valence electrons. The first-order chi connectivity index (χ1) is 7.70. The van der Waals surface area contributed by atoms with Gasteiger partial charge in [-0.1, -0.05) is 6.92 Å². The second kappa shape index (κ2) is 5.38. The number of aryl methyl sites for hydroxylation is 1. The standard InChI is InChI=1S/C11H16N2OS2/c1-7-5-9(6-14)13-11(12-7)10-8(2)15-3-4-16-10/h5,8,10,14H,3-4,6H2,1-2H3. The Bertz CT molecular complexity index is 373. The Kier molecular flexibility index (Phi) is 4.10. The maximum atomic E-state index is 9.15. The number of hydrogen-bond acceptors (Lipinski definition) is 5. The van der Waals surface area contributed by atoms with Gasteiger partial charge in [0.1, 0.15) is 5.82 Å². The number of rotatable bonds is 2. The van der Waals surface area contributed by atoms with Crippen molar-refractivity contribution in [3.8, 4) is 0 Å². The molecule has 2 atom stereocenters. The molecule has 0 aliphatic carbocycles. The van der Waals surface area contributed by atoms with Gasteiger partial charge in [0.2, 0.25) is 0 Å². The molecule has 5 heteroatoms. The van der Waals surface area contributed by atoms with E-state index >= 15 is 0 Å². The van der Waals surface area contributed by atoms with Crippen molar-refractivity contribution >= 4 is 23.5 Å². The van der Waals surface area contributed by atoms with Gasteiger partial charge in [0, 0.05) is 22.4 Å². The fourth-order valence-corrected chi connectivity index (χ4v) is 4.47. The molecular formula is C11H16N2OS2. The molecule has 2 rings (SSSR count). The van der Waals surface area contributed by atoms with Crippen molar-refractivity contribution in [3.63, 3.8) is 0 Å². The Morgan fingerprint density at radius 1 is 1.38 bits per heavy atom.